The van der Waals surface area contributed by atoms with Crippen LogP contribution in [0.15, 0.2) is 30.9 Å². The van der Waals surface area contributed by atoms with Crippen LogP contribution in [-0.2, 0) is 4.79 Å². The maximum Gasteiger partial charge on any atom is 0.293 e. The van der Waals surface area contributed by atoms with Crippen molar-refractivity contribution in [3.8, 4) is 6.07 Å². The lowest BCUT2D eigenvalue weighted by Crippen LogP contribution is -2.76. The van der Waals surface area contributed by atoms with Gasteiger partial charge in [-0.2, -0.15) is 5.26 Å². The first-order chi connectivity index (χ1) is 11.9. The number of fused-ring (bicyclic) bond motifs is 1. The normalized spacial score (nSPS) is 24.6. The Morgan fingerprint density at radius 3 is 3.00 bits per heavy atom. The van der Waals surface area contributed by atoms with E-state index in [-0.39, 0.29) is 18.7 Å². The van der Waals surface area contributed by atoms with Gasteiger partial charge in [0.25, 0.3) is 5.92 Å². The lowest BCUT2D eigenvalue weighted by atomic mass is 9.77. The van der Waals surface area contributed by atoms with Gasteiger partial charge in [-0.1, -0.05) is 6.58 Å². The number of hydrogen-bond acceptors (Lipinski definition) is 5. The molecule has 0 unspecified atom stereocenters. The zero-order valence-corrected chi connectivity index (χ0v) is 13.2. The molecule has 2 aliphatic rings. The predicted octanol–water partition coefficient (Wildman–Crippen LogP) is 1.81. The summed E-state index contributed by atoms with van der Waals surface area (Å²) in [5, 5.41) is 9.41. The molecule has 0 aromatic carbocycles. The average molecular weight is 344 g/mol. The van der Waals surface area contributed by atoms with Gasteiger partial charge in [-0.05, 0) is 6.07 Å². The smallest absolute Gasteiger partial charge is 0.293 e. The SMILES string of the molecule is C=C1N(c2ncnc3[nH]ccc23)CC[C@@]12N(C(=O)CC#N)CC2(F)F. The minimum Gasteiger partial charge on any atom is -0.346 e. The van der Waals surface area contributed by atoms with Crippen LogP contribution in [-0.4, -0.2) is 50.3 Å². The van der Waals surface area contributed by atoms with Gasteiger partial charge in [0.2, 0.25) is 5.91 Å². The van der Waals surface area contributed by atoms with Crippen LogP contribution < -0.4 is 4.90 Å². The Morgan fingerprint density at radius 2 is 2.28 bits per heavy atom. The van der Waals surface area contributed by atoms with Crippen LogP contribution in [0, 0.1) is 11.3 Å². The number of alkyl halides is 2. The summed E-state index contributed by atoms with van der Waals surface area (Å²) in [5.41, 5.74) is -1.07. The fraction of sp³-hybridized carbons (Fsp3) is 0.375. The van der Waals surface area contributed by atoms with E-state index >= 15 is 0 Å². The van der Waals surface area contributed by atoms with Crippen LogP contribution in [0.2, 0.25) is 0 Å². The van der Waals surface area contributed by atoms with E-state index < -0.39 is 30.3 Å². The van der Waals surface area contributed by atoms with Crippen molar-refractivity contribution in [3.05, 3.63) is 30.9 Å². The molecule has 0 radical (unpaired) electrons. The number of likely N-dealkylation sites (tertiary alicyclic amines) is 1. The molecule has 2 aliphatic heterocycles. The van der Waals surface area contributed by atoms with Crippen molar-refractivity contribution in [1.29, 1.82) is 5.26 Å². The van der Waals surface area contributed by atoms with E-state index in [1.165, 1.54) is 6.33 Å². The number of anilines is 1. The van der Waals surface area contributed by atoms with Gasteiger partial charge in [0.1, 0.15) is 29.8 Å². The van der Waals surface area contributed by atoms with Crippen molar-refractivity contribution >= 4 is 22.8 Å². The molecule has 0 aliphatic carbocycles. The Balaban J connectivity index is 1.74. The first-order valence-electron chi connectivity index (χ1n) is 7.72. The zero-order chi connectivity index (χ0) is 17.8. The quantitative estimate of drug-likeness (QED) is 0.897. The first kappa shape index (κ1) is 15.5. The number of halogens is 2. The van der Waals surface area contributed by atoms with Gasteiger partial charge in [-0.25, -0.2) is 18.7 Å². The maximum absolute atomic E-state index is 14.5. The summed E-state index contributed by atoms with van der Waals surface area (Å²) in [5.74, 6) is -3.22. The number of aromatic amines is 1. The minimum absolute atomic E-state index is 0.0337. The Labute approximate surface area is 141 Å². The lowest BCUT2D eigenvalue weighted by Gasteiger charge is -2.56. The summed E-state index contributed by atoms with van der Waals surface area (Å²) in [6.45, 7) is 3.43. The van der Waals surface area contributed by atoms with E-state index in [1.54, 1.807) is 23.2 Å². The number of carbonyl (C=O) groups excluding carboxylic acids is 1. The van der Waals surface area contributed by atoms with E-state index in [1.807, 2.05) is 0 Å². The third-order valence-corrected chi connectivity index (χ3v) is 5.04. The average Bonchev–Trinajstić information content (AvgIpc) is 3.18. The summed E-state index contributed by atoms with van der Waals surface area (Å²) in [7, 11) is 0. The molecular weight excluding hydrogens is 330 g/mol. The molecule has 1 spiro atoms. The second-order valence-corrected chi connectivity index (χ2v) is 6.17. The highest BCUT2D eigenvalue weighted by Crippen LogP contribution is 2.55. The van der Waals surface area contributed by atoms with Crippen molar-refractivity contribution in [2.45, 2.75) is 24.3 Å². The van der Waals surface area contributed by atoms with Gasteiger partial charge in [-0.15, -0.1) is 0 Å². The number of H-pyrrole nitrogens is 1. The molecular formula is C16H14F2N6O. The molecule has 7 nitrogen and oxygen atoms in total. The van der Waals surface area contributed by atoms with Gasteiger partial charge in [0.05, 0.1) is 18.0 Å². The van der Waals surface area contributed by atoms with E-state index in [0.717, 1.165) is 4.90 Å². The number of carbonyl (C=O) groups is 1. The predicted molar refractivity (Wildman–Crippen MR) is 84.6 cm³/mol. The molecule has 25 heavy (non-hydrogen) atoms. The molecule has 4 heterocycles. The number of nitrogens with one attached hydrogen (secondary N) is 1. The Morgan fingerprint density at radius 1 is 1.48 bits per heavy atom. The molecule has 128 valence electrons. The summed E-state index contributed by atoms with van der Waals surface area (Å²) in [4.78, 5) is 26.1. The second kappa shape index (κ2) is 4.99. The molecule has 1 amide bonds. The Hall–Kier alpha value is -3.02. The fourth-order valence-corrected chi connectivity index (χ4v) is 3.80. The highest BCUT2D eigenvalue weighted by atomic mass is 19.3. The van der Waals surface area contributed by atoms with Crippen LogP contribution in [0.5, 0.6) is 0 Å². The van der Waals surface area contributed by atoms with E-state index in [0.29, 0.717) is 16.9 Å². The third kappa shape index (κ3) is 1.85. The molecule has 0 bridgehead atoms. The molecule has 4 rings (SSSR count). The molecule has 2 fully saturated rings. The van der Waals surface area contributed by atoms with Gasteiger partial charge in [-0.3, -0.25) is 4.79 Å². The topological polar surface area (TPSA) is 88.9 Å². The minimum atomic E-state index is -3.09. The molecule has 9 heteroatoms. The molecule has 2 aromatic heterocycles. The fourth-order valence-electron chi connectivity index (χ4n) is 3.80. The lowest BCUT2D eigenvalue weighted by molar-refractivity contribution is -0.224. The Bertz CT molecular complexity index is 932. The van der Waals surface area contributed by atoms with Crippen molar-refractivity contribution in [2.75, 3.05) is 18.0 Å². The summed E-state index contributed by atoms with van der Waals surface area (Å²) in [6, 6.07) is 3.49. The standard InChI is InChI=1S/C16H14F2N6O/c1-10-15(16(17,18)8-24(15)12(25)2-5-19)4-7-23(10)14-11-3-6-20-13(11)21-9-22-14/h3,6,9H,1-2,4,7-8H2,(H,20,21,22)/t15-/m1/s1. The second-order valence-electron chi connectivity index (χ2n) is 6.17. The van der Waals surface area contributed by atoms with E-state index in [9.17, 15) is 13.6 Å². The van der Waals surface area contributed by atoms with Crippen molar-refractivity contribution in [3.63, 3.8) is 0 Å². The van der Waals surface area contributed by atoms with Crippen LogP contribution >= 0.6 is 0 Å². The van der Waals surface area contributed by atoms with Crippen molar-refractivity contribution in [2.24, 2.45) is 0 Å². The van der Waals surface area contributed by atoms with Crippen LogP contribution in [0.1, 0.15) is 12.8 Å². The maximum atomic E-state index is 14.5. The largest absolute Gasteiger partial charge is 0.346 e. The highest BCUT2D eigenvalue weighted by molar-refractivity contribution is 5.89. The van der Waals surface area contributed by atoms with E-state index in [4.69, 9.17) is 5.26 Å². The monoisotopic (exact) mass is 344 g/mol. The molecule has 1 N–H and O–H groups in total. The van der Waals surface area contributed by atoms with Gasteiger partial charge in [0.15, 0.2) is 0 Å². The van der Waals surface area contributed by atoms with Crippen LogP contribution in [0.3, 0.4) is 0 Å². The number of rotatable bonds is 2. The van der Waals surface area contributed by atoms with Crippen LogP contribution in [0.25, 0.3) is 11.0 Å². The van der Waals surface area contributed by atoms with Gasteiger partial charge < -0.3 is 14.8 Å². The van der Waals surface area contributed by atoms with Crippen LogP contribution in [0.4, 0.5) is 14.6 Å². The number of aromatic nitrogens is 3. The number of nitrogens with zero attached hydrogens (tertiary/aromatic N) is 5. The summed E-state index contributed by atoms with van der Waals surface area (Å²) < 4.78 is 29.1. The molecule has 0 saturated carbocycles. The van der Waals surface area contributed by atoms with Gasteiger partial charge in [0, 0.05) is 24.9 Å². The number of amides is 1. The van der Waals surface area contributed by atoms with E-state index in [2.05, 4.69) is 21.5 Å². The number of nitriles is 1. The van der Waals surface area contributed by atoms with Crippen molar-refractivity contribution in [1.82, 2.24) is 19.9 Å². The van der Waals surface area contributed by atoms with Gasteiger partial charge >= 0.3 is 0 Å². The third-order valence-electron chi connectivity index (χ3n) is 5.04. The molecule has 2 aromatic rings. The summed E-state index contributed by atoms with van der Waals surface area (Å²) >= 11 is 0. The zero-order valence-electron chi connectivity index (χ0n) is 13.2. The molecule has 2 saturated heterocycles. The number of hydrogen-bond donors (Lipinski definition) is 1. The highest BCUT2D eigenvalue weighted by Gasteiger charge is 2.72. The first-order valence-corrected chi connectivity index (χ1v) is 7.72. The molecule has 1 atom stereocenters. The van der Waals surface area contributed by atoms with Crippen molar-refractivity contribution < 1.29 is 13.6 Å². The Kier molecular flexibility index (Phi) is 3.09. The summed E-state index contributed by atoms with van der Waals surface area (Å²) in [6.07, 6.45) is 2.65.